The van der Waals surface area contributed by atoms with E-state index in [0.717, 1.165) is 4.47 Å². The molecule has 2 N–H and O–H groups in total. The lowest BCUT2D eigenvalue weighted by atomic mass is 10.1. The van der Waals surface area contributed by atoms with E-state index in [0.29, 0.717) is 19.5 Å². The molecule has 1 amide bonds. The number of carbonyl (C=O) groups is 1. The molecule has 1 unspecified atom stereocenters. The van der Waals surface area contributed by atoms with Gasteiger partial charge in [-0.25, -0.2) is 0 Å². The van der Waals surface area contributed by atoms with Crippen molar-refractivity contribution in [2.24, 2.45) is 0 Å². The van der Waals surface area contributed by atoms with E-state index in [2.05, 4.69) is 45.6 Å². The number of rotatable bonds is 6. The summed E-state index contributed by atoms with van der Waals surface area (Å²) in [7, 11) is 0. The Bertz CT molecular complexity index is 351. The fourth-order valence-electron chi connectivity index (χ4n) is 1.56. The second-order valence-corrected chi connectivity index (χ2v) is 4.85. The van der Waals surface area contributed by atoms with Crippen LogP contribution in [-0.2, 0) is 4.79 Å². The molecule has 0 fully saturated rings. The lowest BCUT2D eigenvalue weighted by Crippen LogP contribution is -2.28. The van der Waals surface area contributed by atoms with Gasteiger partial charge in [-0.3, -0.25) is 4.79 Å². The fourth-order valence-corrected chi connectivity index (χ4v) is 1.82. The van der Waals surface area contributed by atoms with Crippen LogP contribution in [0.15, 0.2) is 28.7 Å². The summed E-state index contributed by atoms with van der Waals surface area (Å²) in [5.41, 5.74) is 1.23. The molecule has 1 aromatic carbocycles. The molecule has 1 rings (SSSR count). The topological polar surface area (TPSA) is 41.1 Å². The molecule has 0 bridgehead atoms. The van der Waals surface area contributed by atoms with Crippen LogP contribution in [0.4, 0.5) is 0 Å². The van der Waals surface area contributed by atoms with E-state index < -0.39 is 0 Å². The monoisotopic (exact) mass is 298 g/mol. The van der Waals surface area contributed by atoms with Crippen LogP contribution >= 0.6 is 15.9 Å². The highest BCUT2D eigenvalue weighted by Gasteiger charge is 2.05. The molecular weight excluding hydrogens is 280 g/mol. The van der Waals surface area contributed by atoms with Gasteiger partial charge in [0.15, 0.2) is 0 Å². The Labute approximate surface area is 111 Å². The van der Waals surface area contributed by atoms with Crippen LogP contribution in [0, 0.1) is 0 Å². The smallest absolute Gasteiger partial charge is 0.221 e. The average molecular weight is 299 g/mol. The van der Waals surface area contributed by atoms with Gasteiger partial charge in [-0.15, -0.1) is 0 Å². The van der Waals surface area contributed by atoms with Gasteiger partial charge in [-0.1, -0.05) is 28.1 Å². The predicted octanol–water partition coefficient (Wildman–Crippen LogP) is 2.63. The first kappa shape index (κ1) is 14.2. The van der Waals surface area contributed by atoms with Crippen molar-refractivity contribution in [2.45, 2.75) is 26.3 Å². The van der Waals surface area contributed by atoms with Crippen molar-refractivity contribution in [1.82, 2.24) is 10.6 Å². The lowest BCUT2D eigenvalue weighted by Gasteiger charge is -2.14. The minimum atomic E-state index is 0.100. The van der Waals surface area contributed by atoms with Gasteiger partial charge in [0.05, 0.1) is 0 Å². The van der Waals surface area contributed by atoms with E-state index in [-0.39, 0.29) is 11.9 Å². The largest absolute Gasteiger partial charge is 0.356 e. The van der Waals surface area contributed by atoms with Crippen LogP contribution < -0.4 is 10.6 Å². The Morgan fingerprint density at radius 3 is 2.59 bits per heavy atom. The quantitative estimate of drug-likeness (QED) is 0.848. The molecule has 0 saturated carbocycles. The van der Waals surface area contributed by atoms with Crippen molar-refractivity contribution < 1.29 is 4.79 Å². The summed E-state index contributed by atoms with van der Waals surface area (Å²) in [5, 5.41) is 6.11. The molecule has 0 aliphatic carbocycles. The zero-order chi connectivity index (χ0) is 12.7. The summed E-state index contributed by atoms with van der Waals surface area (Å²) in [4.78, 5) is 11.2. The molecule has 17 heavy (non-hydrogen) atoms. The van der Waals surface area contributed by atoms with E-state index >= 15 is 0 Å². The van der Waals surface area contributed by atoms with Crippen LogP contribution in [0.3, 0.4) is 0 Å². The predicted molar refractivity (Wildman–Crippen MR) is 73.9 cm³/mol. The van der Waals surface area contributed by atoms with Crippen molar-refractivity contribution in [2.75, 3.05) is 13.1 Å². The molecule has 0 aliphatic rings. The van der Waals surface area contributed by atoms with Gasteiger partial charge < -0.3 is 10.6 Å². The van der Waals surface area contributed by atoms with E-state index in [1.807, 2.05) is 19.1 Å². The van der Waals surface area contributed by atoms with Gasteiger partial charge in [0.25, 0.3) is 0 Å². The third-order valence-electron chi connectivity index (χ3n) is 2.55. The van der Waals surface area contributed by atoms with Crippen LogP contribution in [0.1, 0.15) is 31.9 Å². The number of hydrogen-bond donors (Lipinski definition) is 2. The first-order chi connectivity index (χ1) is 8.13. The minimum Gasteiger partial charge on any atom is -0.356 e. The highest BCUT2D eigenvalue weighted by atomic mass is 79.9. The Balaban J connectivity index is 2.32. The number of halogens is 1. The summed E-state index contributed by atoms with van der Waals surface area (Å²) >= 11 is 3.41. The van der Waals surface area contributed by atoms with Gasteiger partial charge in [0.2, 0.25) is 5.91 Å². The first-order valence-corrected chi connectivity index (χ1v) is 6.68. The molecule has 0 aromatic heterocycles. The lowest BCUT2D eigenvalue weighted by molar-refractivity contribution is -0.120. The zero-order valence-electron chi connectivity index (χ0n) is 10.3. The summed E-state index contributed by atoms with van der Waals surface area (Å²) in [6.07, 6.45) is 0.523. The maximum absolute atomic E-state index is 11.2. The molecule has 0 saturated heterocycles. The Morgan fingerprint density at radius 2 is 2.00 bits per heavy atom. The number of hydrogen-bond acceptors (Lipinski definition) is 2. The summed E-state index contributed by atoms with van der Waals surface area (Å²) in [6, 6.07) is 8.47. The Hall–Kier alpha value is -0.870. The van der Waals surface area contributed by atoms with Crippen LogP contribution in [0.25, 0.3) is 0 Å². The number of nitrogens with one attached hydrogen (secondary N) is 2. The molecule has 1 atom stereocenters. The van der Waals surface area contributed by atoms with Gasteiger partial charge in [-0.05, 0) is 31.5 Å². The van der Waals surface area contributed by atoms with Crippen molar-refractivity contribution in [3.8, 4) is 0 Å². The van der Waals surface area contributed by atoms with Gasteiger partial charge >= 0.3 is 0 Å². The van der Waals surface area contributed by atoms with E-state index in [9.17, 15) is 4.79 Å². The molecule has 0 radical (unpaired) electrons. The number of carbonyl (C=O) groups excluding carboxylic acids is 1. The maximum Gasteiger partial charge on any atom is 0.221 e. The maximum atomic E-state index is 11.2. The second-order valence-electron chi connectivity index (χ2n) is 3.93. The van der Waals surface area contributed by atoms with E-state index in [1.165, 1.54) is 5.56 Å². The van der Waals surface area contributed by atoms with Crippen molar-refractivity contribution in [1.29, 1.82) is 0 Å². The zero-order valence-corrected chi connectivity index (χ0v) is 11.9. The molecular formula is C13H19BrN2O. The van der Waals surface area contributed by atoms with Crippen LogP contribution in [0.2, 0.25) is 0 Å². The van der Waals surface area contributed by atoms with Crippen LogP contribution in [-0.4, -0.2) is 19.0 Å². The highest BCUT2D eigenvalue weighted by Crippen LogP contribution is 2.16. The number of amides is 1. The molecule has 0 heterocycles. The molecule has 0 spiro atoms. The number of benzene rings is 1. The van der Waals surface area contributed by atoms with Crippen molar-refractivity contribution in [3.05, 3.63) is 34.3 Å². The average Bonchev–Trinajstić information content (AvgIpc) is 2.30. The SMILES string of the molecule is CCNC(=O)CCNC(C)c1ccc(Br)cc1. The molecule has 3 nitrogen and oxygen atoms in total. The fraction of sp³-hybridized carbons (Fsp3) is 0.462. The van der Waals surface area contributed by atoms with Crippen molar-refractivity contribution >= 4 is 21.8 Å². The van der Waals surface area contributed by atoms with Gasteiger partial charge in [0, 0.05) is 30.0 Å². The minimum absolute atomic E-state index is 0.100. The van der Waals surface area contributed by atoms with Crippen LogP contribution in [0.5, 0.6) is 0 Å². The molecule has 0 aliphatic heterocycles. The highest BCUT2D eigenvalue weighted by molar-refractivity contribution is 9.10. The third kappa shape index (κ3) is 5.33. The Kier molecular flexibility index (Phi) is 6.22. The molecule has 4 heteroatoms. The second kappa shape index (κ2) is 7.45. The van der Waals surface area contributed by atoms with Crippen molar-refractivity contribution in [3.63, 3.8) is 0 Å². The summed E-state index contributed by atoms with van der Waals surface area (Å²) in [6.45, 7) is 5.42. The van der Waals surface area contributed by atoms with Gasteiger partial charge in [-0.2, -0.15) is 0 Å². The Morgan fingerprint density at radius 1 is 1.35 bits per heavy atom. The standard InChI is InChI=1S/C13H19BrN2O/c1-3-15-13(17)8-9-16-10(2)11-4-6-12(14)7-5-11/h4-7,10,16H,3,8-9H2,1-2H3,(H,15,17). The first-order valence-electron chi connectivity index (χ1n) is 5.89. The summed E-state index contributed by atoms with van der Waals surface area (Å²) in [5.74, 6) is 0.100. The molecule has 1 aromatic rings. The summed E-state index contributed by atoms with van der Waals surface area (Å²) < 4.78 is 1.08. The normalized spacial score (nSPS) is 12.2. The third-order valence-corrected chi connectivity index (χ3v) is 3.08. The van der Waals surface area contributed by atoms with E-state index in [1.54, 1.807) is 0 Å². The van der Waals surface area contributed by atoms with Gasteiger partial charge in [0.1, 0.15) is 0 Å². The molecule has 94 valence electrons. The van der Waals surface area contributed by atoms with E-state index in [4.69, 9.17) is 0 Å².